The van der Waals surface area contributed by atoms with E-state index in [1.165, 1.54) is 13.2 Å². The monoisotopic (exact) mass is 697 g/mol. The molecule has 12 heteroatoms. The molecule has 4 rings (SSSR count). The number of rotatable bonds is 9. The van der Waals surface area contributed by atoms with Gasteiger partial charge < -0.3 is 35.3 Å². The summed E-state index contributed by atoms with van der Waals surface area (Å²) < 4.78 is 23.1. The number of carbonyl (C=O) groups is 4. The molecule has 0 aromatic heterocycles. The Bertz CT molecular complexity index is 1530. The molecule has 2 aliphatic heterocycles. The van der Waals surface area contributed by atoms with E-state index in [4.69, 9.17) is 36.3 Å². The molecular weight excluding hydrogens is 650 g/mol. The number of hydrogen-bond acceptors (Lipinski definition) is 9. The largest absolute Gasteiger partial charge is 0.495 e. The number of halogens is 1. The van der Waals surface area contributed by atoms with Crippen molar-refractivity contribution in [3.8, 4) is 5.75 Å². The Hall–Kier alpha value is -3.93. The first kappa shape index (κ1) is 37.9. The lowest BCUT2D eigenvalue weighted by molar-refractivity contribution is -0.179. The van der Waals surface area contributed by atoms with Crippen LogP contribution in [0.5, 0.6) is 5.75 Å². The molecule has 2 heterocycles. The average molecular weight is 698 g/mol. The predicted molar refractivity (Wildman–Crippen MR) is 185 cm³/mol. The first-order valence-corrected chi connectivity index (χ1v) is 17.0. The fraction of sp³-hybridized carbons (Fsp3) is 0.514. The maximum Gasteiger partial charge on any atom is 0.347 e. The third kappa shape index (κ3) is 10.3. The smallest absolute Gasteiger partial charge is 0.347 e. The number of methoxy groups -OCH3 is 1. The predicted octanol–water partition coefficient (Wildman–Crippen LogP) is 4.58. The van der Waals surface area contributed by atoms with Gasteiger partial charge in [-0.25, -0.2) is 4.79 Å². The summed E-state index contributed by atoms with van der Waals surface area (Å²) in [5, 5.41) is 5.91. The molecule has 0 bridgehead atoms. The van der Waals surface area contributed by atoms with E-state index >= 15 is 0 Å². The quantitative estimate of drug-likeness (QED) is 0.252. The Morgan fingerprint density at radius 1 is 1.02 bits per heavy atom. The summed E-state index contributed by atoms with van der Waals surface area (Å²) in [6.45, 7) is 9.33. The van der Waals surface area contributed by atoms with Crippen LogP contribution in [0.2, 0.25) is 5.02 Å². The maximum absolute atomic E-state index is 13.6. The minimum Gasteiger partial charge on any atom is -0.495 e. The van der Waals surface area contributed by atoms with Crippen LogP contribution in [0.4, 0.5) is 0 Å². The van der Waals surface area contributed by atoms with Crippen LogP contribution >= 0.6 is 11.6 Å². The molecule has 0 aliphatic carbocycles. The van der Waals surface area contributed by atoms with Crippen molar-refractivity contribution in [2.75, 3.05) is 13.7 Å². The second kappa shape index (κ2) is 16.7. The standard InChI is InChI=1S/C37H48ClN3O8/c1-21(2)16-30-35(44)47-28(22(3)32-33(49-32)25-13-10-23(19-39)11-14-25)8-7-9-31(42)41-27(18-24-12-15-29(46-6)26(38)17-24)34(43)40-20-37(4,5)36(45)48-30/h7,9-15,17,21-22,27-28,30,32-33H,8,16,18-20,39H2,1-6H3,(H,40,43)(H,41,42)/b9-7+/t22-,27+,28?,30-,32+,33+/m0/s1. The molecule has 11 nitrogen and oxygen atoms in total. The Labute approximate surface area is 293 Å². The lowest BCUT2D eigenvalue weighted by Crippen LogP contribution is -2.51. The summed E-state index contributed by atoms with van der Waals surface area (Å²) in [7, 11) is 1.50. The van der Waals surface area contributed by atoms with Crippen LogP contribution in [0, 0.1) is 17.3 Å². The number of nitrogens with one attached hydrogen (secondary N) is 2. The minimum atomic E-state index is -1.21. The van der Waals surface area contributed by atoms with Crippen molar-refractivity contribution in [2.24, 2.45) is 23.0 Å². The highest BCUT2D eigenvalue weighted by Gasteiger charge is 2.48. The highest BCUT2D eigenvalue weighted by molar-refractivity contribution is 6.32. The molecule has 0 spiro atoms. The summed E-state index contributed by atoms with van der Waals surface area (Å²) in [4.78, 5) is 53.7. The highest BCUT2D eigenvalue weighted by Crippen LogP contribution is 2.45. The fourth-order valence-corrected chi connectivity index (χ4v) is 5.95. The van der Waals surface area contributed by atoms with Crippen molar-refractivity contribution in [2.45, 2.75) is 90.9 Å². The number of cyclic esters (lactones) is 2. The fourth-order valence-electron chi connectivity index (χ4n) is 5.67. The average Bonchev–Trinajstić information content (AvgIpc) is 3.86. The number of esters is 2. The van der Waals surface area contributed by atoms with Crippen molar-refractivity contribution < 1.29 is 38.1 Å². The van der Waals surface area contributed by atoms with Crippen LogP contribution in [0.25, 0.3) is 0 Å². The molecule has 2 aromatic carbocycles. The maximum atomic E-state index is 13.6. The van der Waals surface area contributed by atoms with Gasteiger partial charge in [-0.05, 0) is 61.1 Å². The highest BCUT2D eigenvalue weighted by atomic mass is 35.5. The normalized spacial score (nSPS) is 26.2. The molecule has 49 heavy (non-hydrogen) atoms. The summed E-state index contributed by atoms with van der Waals surface area (Å²) in [6.07, 6.45) is 1.18. The zero-order valence-corrected chi connectivity index (χ0v) is 29.8. The van der Waals surface area contributed by atoms with Crippen LogP contribution in [-0.4, -0.2) is 61.8 Å². The van der Waals surface area contributed by atoms with Crippen molar-refractivity contribution >= 4 is 35.4 Å². The van der Waals surface area contributed by atoms with E-state index in [1.807, 2.05) is 45.0 Å². The topological polar surface area (TPSA) is 159 Å². The van der Waals surface area contributed by atoms with Crippen molar-refractivity contribution in [3.63, 3.8) is 0 Å². The number of nitrogens with two attached hydrogens (primary N) is 1. The molecule has 2 amide bonds. The number of epoxide rings is 1. The molecule has 4 N–H and O–H groups in total. The molecular formula is C37H48ClN3O8. The summed E-state index contributed by atoms with van der Waals surface area (Å²) in [5.74, 6) is -2.14. The lowest BCUT2D eigenvalue weighted by Gasteiger charge is -2.29. The van der Waals surface area contributed by atoms with Gasteiger partial charge in [-0.3, -0.25) is 14.4 Å². The van der Waals surface area contributed by atoms with E-state index in [-0.39, 0.29) is 49.9 Å². The second-order valence-corrected chi connectivity index (χ2v) is 14.2. The number of carbonyl (C=O) groups excluding carboxylic acids is 4. The van der Waals surface area contributed by atoms with Crippen molar-refractivity contribution in [1.82, 2.24) is 10.6 Å². The first-order valence-electron chi connectivity index (χ1n) is 16.7. The molecule has 0 saturated carbocycles. The first-order chi connectivity index (χ1) is 23.2. The Balaban J connectivity index is 1.60. The van der Waals surface area contributed by atoms with Crippen LogP contribution in [0.3, 0.4) is 0 Å². The number of benzene rings is 2. The van der Waals surface area contributed by atoms with Crippen LogP contribution < -0.4 is 21.1 Å². The molecule has 2 aromatic rings. The van der Waals surface area contributed by atoms with Gasteiger partial charge in [-0.2, -0.15) is 0 Å². The third-order valence-electron chi connectivity index (χ3n) is 8.82. The van der Waals surface area contributed by atoms with E-state index in [1.54, 1.807) is 38.1 Å². The van der Waals surface area contributed by atoms with E-state index in [9.17, 15) is 19.2 Å². The molecule has 266 valence electrons. The number of hydrogen-bond donors (Lipinski definition) is 3. The van der Waals surface area contributed by atoms with Gasteiger partial charge in [0.25, 0.3) is 0 Å². The van der Waals surface area contributed by atoms with Crippen molar-refractivity contribution in [3.05, 3.63) is 76.3 Å². The van der Waals surface area contributed by atoms with E-state index < -0.39 is 47.4 Å². The van der Waals surface area contributed by atoms with Gasteiger partial charge in [-0.15, -0.1) is 0 Å². The molecule has 1 fully saturated rings. The van der Waals surface area contributed by atoms with Gasteiger partial charge in [-0.1, -0.05) is 68.8 Å². The molecule has 6 atom stereocenters. The molecule has 2 aliphatic rings. The van der Waals surface area contributed by atoms with Gasteiger partial charge in [0.1, 0.15) is 24.0 Å². The Morgan fingerprint density at radius 2 is 1.71 bits per heavy atom. The summed E-state index contributed by atoms with van der Waals surface area (Å²) in [5.41, 5.74) is 7.22. The van der Waals surface area contributed by atoms with Crippen LogP contribution in [0.15, 0.2) is 54.6 Å². The van der Waals surface area contributed by atoms with Gasteiger partial charge in [0.05, 0.1) is 23.7 Å². The summed E-state index contributed by atoms with van der Waals surface area (Å²) in [6, 6.07) is 12.0. The van der Waals surface area contributed by atoms with E-state index in [2.05, 4.69) is 10.6 Å². The Kier molecular flexibility index (Phi) is 12.9. The zero-order chi connectivity index (χ0) is 35.9. The van der Waals surface area contributed by atoms with Gasteiger partial charge in [0, 0.05) is 31.8 Å². The second-order valence-electron chi connectivity index (χ2n) is 13.8. The van der Waals surface area contributed by atoms with Crippen LogP contribution in [-0.2, 0) is 46.4 Å². The lowest BCUT2D eigenvalue weighted by atomic mass is 9.92. The van der Waals surface area contributed by atoms with Gasteiger partial charge in [0.15, 0.2) is 6.10 Å². The molecule has 1 saturated heterocycles. The SMILES string of the molecule is COc1ccc(C[C@H]2NC(=O)/C=C/CC([C@H](C)[C@H]3O[C@@H]3c3ccc(CN)cc3)OC(=O)[C@H](CC(C)C)OC(=O)C(C)(C)CNC2=O)cc1Cl. The zero-order valence-electron chi connectivity index (χ0n) is 29.0. The third-order valence-corrected chi connectivity index (χ3v) is 9.12. The van der Waals surface area contributed by atoms with E-state index in [0.29, 0.717) is 22.9 Å². The minimum absolute atomic E-state index is 0.0121. The molecule has 1 unspecified atom stereocenters. The van der Waals surface area contributed by atoms with Crippen molar-refractivity contribution in [1.29, 1.82) is 0 Å². The number of amides is 2. The van der Waals surface area contributed by atoms with Gasteiger partial charge in [0.2, 0.25) is 11.8 Å². The Morgan fingerprint density at radius 3 is 2.35 bits per heavy atom. The molecule has 0 radical (unpaired) electrons. The van der Waals surface area contributed by atoms with Gasteiger partial charge >= 0.3 is 11.9 Å². The summed E-state index contributed by atoms with van der Waals surface area (Å²) >= 11 is 6.32. The van der Waals surface area contributed by atoms with Crippen LogP contribution in [0.1, 0.15) is 70.3 Å². The van der Waals surface area contributed by atoms with E-state index in [0.717, 1.165) is 11.1 Å². The number of ether oxygens (including phenoxy) is 4.